The van der Waals surface area contributed by atoms with Crippen molar-refractivity contribution >= 4 is 17.8 Å². The van der Waals surface area contributed by atoms with Crippen LogP contribution < -0.4 is 5.32 Å². The van der Waals surface area contributed by atoms with Gasteiger partial charge in [0.05, 0.1) is 23.7 Å². The van der Waals surface area contributed by atoms with Gasteiger partial charge in [0.15, 0.2) is 5.76 Å². The quantitative estimate of drug-likeness (QED) is 0.373. The van der Waals surface area contributed by atoms with Crippen LogP contribution in [-0.4, -0.2) is 73.2 Å². The number of halogens is 6. The fraction of sp³-hybridized carbons (Fsp3) is 0.348. The van der Waals surface area contributed by atoms with Crippen molar-refractivity contribution in [1.82, 2.24) is 25.0 Å². The molecule has 0 bridgehead atoms. The molecule has 0 saturated carbocycles. The predicted octanol–water partition coefficient (Wildman–Crippen LogP) is 3.51. The van der Waals surface area contributed by atoms with E-state index in [0.717, 1.165) is 31.7 Å². The Morgan fingerprint density at radius 1 is 0.975 bits per heavy atom. The van der Waals surface area contributed by atoms with Crippen LogP contribution in [0.5, 0.6) is 0 Å². The average Bonchev–Trinajstić information content (AvgIpc) is 3.57. The topological polar surface area (TPSA) is 151 Å². The molecule has 3 aromatic rings. The Bertz CT molecular complexity index is 1210. The number of aliphatic carboxylic acids is 2. The minimum atomic E-state index is -5.08. The van der Waals surface area contributed by atoms with Crippen LogP contribution >= 0.6 is 0 Å². The number of amides is 1. The van der Waals surface area contributed by atoms with Crippen LogP contribution in [0.2, 0.25) is 0 Å². The molecule has 0 fully saturated rings. The summed E-state index contributed by atoms with van der Waals surface area (Å²) in [5.41, 5.74) is 2.25. The number of nitrogens with zero attached hydrogens (tertiary/aromatic N) is 4. The number of rotatable bonds is 6. The normalized spacial score (nSPS) is 15.0. The number of nitrogens with one attached hydrogen (secondary N) is 1. The lowest BCUT2D eigenvalue weighted by molar-refractivity contribution is -0.193. The summed E-state index contributed by atoms with van der Waals surface area (Å²) >= 11 is 0. The molecule has 40 heavy (non-hydrogen) atoms. The van der Waals surface area contributed by atoms with E-state index in [4.69, 9.17) is 24.2 Å². The fourth-order valence-corrected chi connectivity index (χ4v) is 3.37. The SMILES string of the molecule is O=C(NCCC1CN(Cc2ccccn2)Cc2ccnn21)c1ccco1.O=C(O)C(F)(F)F.O=C(O)C(F)(F)F. The third-order valence-corrected chi connectivity index (χ3v) is 5.06. The monoisotopic (exact) mass is 579 g/mol. The lowest BCUT2D eigenvalue weighted by Crippen LogP contribution is -2.39. The zero-order valence-corrected chi connectivity index (χ0v) is 20.4. The molecule has 0 aliphatic carbocycles. The lowest BCUT2D eigenvalue weighted by Gasteiger charge is -2.33. The van der Waals surface area contributed by atoms with E-state index in [1.807, 2.05) is 30.6 Å². The molecular formula is C23H23F6N5O6. The number of alkyl halides is 6. The van der Waals surface area contributed by atoms with Gasteiger partial charge in [0.1, 0.15) is 0 Å². The van der Waals surface area contributed by atoms with Crippen molar-refractivity contribution in [2.24, 2.45) is 0 Å². The van der Waals surface area contributed by atoms with E-state index in [-0.39, 0.29) is 11.9 Å². The molecule has 3 aromatic heterocycles. The first-order valence-electron chi connectivity index (χ1n) is 11.2. The summed E-state index contributed by atoms with van der Waals surface area (Å²) in [6.07, 6.45) is -4.19. The average molecular weight is 579 g/mol. The van der Waals surface area contributed by atoms with E-state index in [9.17, 15) is 31.1 Å². The van der Waals surface area contributed by atoms with Gasteiger partial charge in [-0.1, -0.05) is 6.07 Å². The Balaban J connectivity index is 0.000000333. The van der Waals surface area contributed by atoms with Crippen LogP contribution in [0.25, 0.3) is 0 Å². The van der Waals surface area contributed by atoms with Gasteiger partial charge in [-0.2, -0.15) is 31.4 Å². The summed E-state index contributed by atoms with van der Waals surface area (Å²) in [6, 6.07) is 11.6. The third-order valence-electron chi connectivity index (χ3n) is 5.06. The highest BCUT2D eigenvalue weighted by Crippen LogP contribution is 2.24. The fourth-order valence-electron chi connectivity index (χ4n) is 3.37. The molecule has 1 aliphatic rings. The molecule has 1 atom stereocenters. The first-order chi connectivity index (χ1) is 18.7. The molecule has 1 unspecified atom stereocenters. The maximum atomic E-state index is 12.0. The molecule has 17 heteroatoms. The lowest BCUT2D eigenvalue weighted by atomic mass is 10.1. The summed E-state index contributed by atoms with van der Waals surface area (Å²) < 4.78 is 70.7. The molecule has 0 aromatic carbocycles. The summed E-state index contributed by atoms with van der Waals surface area (Å²) in [4.78, 5) is 36.6. The predicted molar refractivity (Wildman–Crippen MR) is 123 cm³/mol. The van der Waals surface area contributed by atoms with E-state index >= 15 is 0 Å². The van der Waals surface area contributed by atoms with Crippen molar-refractivity contribution in [3.8, 4) is 0 Å². The van der Waals surface area contributed by atoms with Crippen LogP contribution in [0.3, 0.4) is 0 Å². The van der Waals surface area contributed by atoms with Gasteiger partial charge in [-0.05, 0) is 36.8 Å². The van der Waals surface area contributed by atoms with E-state index in [0.29, 0.717) is 12.3 Å². The summed E-state index contributed by atoms with van der Waals surface area (Å²) in [5.74, 6) is -5.36. The maximum absolute atomic E-state index is 12.0. The van der Waals surface area contributed by atoms with Crippen molar-refractivity contribution in [2.75, 3.05) is 13.1 Å². The second-order valence-corrected chi connectivity index (χ2v) is 8.04. The van der Waals surface area contributed by atoms with E-state index in [1.54, 1.807) is 12.1 Å². The maximum Gasteiger partial charge on any atom is 0.490 e. The first kappa shape index (κ1) is 31.8. The van der Waals surface area contributed by atoms with Crippen LogP contribution in [0.1, 0.15) is 34.4 Å². The number of fused-ring (bicyclic) bond motifs is 1. The van der Waals surface area contributed by atoms with Gasteiger partial charge in [-0.15, -0.1) is 0 Å². The molecule has 218 valence electrons. The van der Waals surface area contributed by atoms with Gasteiger partial charge in [-0.3, -0.25) is 19.4 Å². The number of carboxylic acids is 2. The third kappa shape index (κ3) is 10.4. The van der Waals surface area contributed by atoms with Crippen LogP contribution in [0.4, 0.5) is 26.3 Å². The van der Waals surface area contributed by atoms with Crippen LogP contribution in [-0.2, 0) is 22.7 Å². The zero-order chi connectivity index (χ0) is 29.9. The number of aromatic nitrogens is 3. The highest BCUT2D eigenvalue weighted by molar-refractivity contribution is 5.91. The smallest absolute Gasteiger partial charge is 0.475 e. The van der Waals surface area contributed by atoms with E-state index in [1.165, 1.54) is 12.0 Å². The van der Waals surface area contributed by atoms with Gasteiger partial charge < -0.3 is 19.9 Å². The summed E-state index contributed by atoms with van der Waals surface area (Å²) in [6.45, 7) is 3.11. The number of hydrogen-bond acceptors (Lipinski definition) is 7. The number of carbonyl (C=O) groups is 3. The van der Waals surface area contributed by atoms with Crippen LogP contribution in [0, 0.1) is 0 Å². The van der Waals surface area contributed by atoms with Gasteiger partial charge in [-0.25, -0.2) is 9.59 Å². The van der Waals surface area contributed by atoms with E-state index < -0.39 is 24.3 Å². The summed E-state index contributed by atoms with van der Waals surface area (Å²) in [7, 11) is 0. The molecule has 4 heterocycles. The Kier molecular flexibility index (Phi) is 11.2. The van der Waals surface area contributed by atoms with Crippen molar-refractivity contribution < 1.29 is 55.4 Å². The van der Waals surface area contributed by atoms with Crippen molar-refractivity contribution in [3.63, 3.8) is 0 Å². The molecule has 0 saturated heterocycles. The molecular weight excluding hydrogens is 556 g/mol. The highest BCUT2D eigenvalue weighted by atomic mass is 19.4. The van der Waals surface area contributed by atoms with Crippen molar-refractivity contribution in [3.05, 3.63) is 72.2 Å². The Labute approximate surface area is 222 Å². The Morgan fingerprint density at radius 2 is 1.62 bits per heavy atom. The number of hydrogen-bond donors (Lipinski definition) is 3. The first-order valence-corrected chi connectivity index (χ1v) is 11.2. The molecule has 3 N–H and O–H groups in total. The molecule has 0 spiro atoms. The van der Waals surface area contributed by atoms with Crippen molar-refractivity contribution in [2.45, 2.75) is 37.9 Å². The molecule has 1 aliphatic heterocycles. The highest BCUT2D eigenvalue weighted by Gasteiger charge is 2.38. The van der Waals surface area contributed by atoms with Gasteiger partial charge in [0.25, 0.3) is 5.91 Å². The Hall–Kier alpha value is -4.41. The molecule has 1 amide bonds. The minimum absolute atomic E-state index is 0.183. The number of furan rings is 1. The Morgan fingerprint density at radius 3 is 2.15 bits per heavy atom. The van der Waals surface area contributed by atoms with E-state index in [2.05, 4.69) is 31.0 Å². The number of carboxylic acid groups (broad SMARTS) is 2. The largest absolute Gasteiger partial charge is 0.490 e. The second-order valence-electron chi connectivity index (χ2n) is 8.04. The minimum Gasteiger partial charge on any atom is -0.475 e. The standard InChI is InChI=1S/C19H21N5O2.2C2HF3O2/c25-19(18-5-3-11-26-18)21-9-6-16-13-23(12-15-4-1-2-8-20-15)14-17-7-10-22-24(16)17;2*3-2(4,5)1(6)7/h1-5,7-8,10-11,16H,6,9,12-14H2,(H,21,25);2*(H,6,7). The summed E-state index contributed by atoms with van der Waals surface area (Å²) in [5, 5.41) is 21.6. The molecule has 4 rings (SSSR count). The van der Waals surface area contributed by atoms with Crippen molar-refractivity contribution in [1.29, 1.82) is 0 Å². The second kappa shape index (κ2) is 14.1. The van der Waals surface area contributed by atoms with Gasteiger partial charge in [0.2, 0.25) is 0 Å². The zero-order valence-electron chi connectivity index (χ0n) is 20.4. The van der Waals surface area contributed by atoms with Gasteiger partial charge >= 0.3 is 24.3 Å². The number of carbonyl (C=O) groups excluding carboxylic acids is 1. The van der Waals surface area contributed by atoms with Gasteiger partial charge in [0, 0.05) is 38.6 Å². The molecule has 0 radical (unpaired) electrons. The molecule has 11 nitrogen and oxygen atoms in total. The van der Waals surface area contributed by atoms with Crippen LogP contribution in [0.15, 0.2) is 59.5 Å². The number of pyridine rings is 1.